The molecule has 11 heteroatoms. The van der Waals surface area contributed by atoms with Gasteiger partial charge in [-0.15, -0.1) is 0 Å². The van der Waals surface area contributed by atoms with Crippen molar-refractivity contribution < 1.29 is 27.5 Å². The van der Waals surface area contributed by atoms with Gasteiger partial charge in [-0.2, -0.15) is 13.2 Å². The Hall–Kier alpha value is -3.47. The number of amides is 4. The van der Waals surface area contributed by atoms with Crippen molar-refractivity contribution in [2.24, 2.45) is 0 Å². The van der Waals surface area contributed by atoms with Crippen LogP contribution < -0.4 is 20.7 Å². The maximum atomic E-state index is 13.0. The van der Waals surface area contributed by atoms with Crippen molar-refractivity contribution >= 4 is 23.4 Å². The van der Waals surface area contributed by atoms with Crippen LogP contribution in [0.1, 0.15) is 33.3 Å². The molecular weight excluding hydrogens is 487 g/mol. The molecule has 0 saturated heterocycles. The summed E-state index contributed by atoms with van der Waals surface area (Å²) in [7, 11) is 1.55. The van der Waals surface area contributed by atoms with Crippen molar-refractivity contribution in [1.29, 1.82) is 0 Å². The van der Waals surface area contributed by atoms with Gasteiger partial charge in [-0.25, -0.2) is 9.59 Å². The molecule has 0 fully saturated rings. The zero-order valence-corrected chi connectivity index (χ0v) is 21.9. The van der Waals surface area contributed by atoms with Crippen LogP contribution in [0.25, 0.3) is 0 Å². The van der Waals surface area contributed by atoms with Crippen LogP contribution in [0.3, 0.4) is 0 Å². The number of anilines is 2. The Labute approximate surface area is 216 Å². The molecule has 0 spiro atoms. The third-order valence-corrected chi connectivity index (χ3v) is 5.72. The first-order valence-electron chi connectivity index (χ1n) is 12.1. The minimum atomic E-state index is -4.45. The quantitative estimate of drug-likeness (QED) is 0.364. The highest BCUT2D eigenvalue weighted by molar-refractivity contribution is 5.90. The fraction of sp³-hybridized carbons (Fsp3) is 0.462. The summed E-state index contributed by atoms with van der Waals surface area (Å²) in [5.41, 5.74) is 0.0384. The molecule has 2 aromatic carbocycles. The van der Waals surface area contributed by atoms with Gasteiger partial charge in [0.15, 0.2) is 0 Å². The van der Waals surface area contributed by atoms with Crippen LogP contribution in [0.5, 0.6) is 5.75 Å². The molecule has 4 amide bonds. The number of rotatable bonds is 11. The van der Waals surface area contributed by atoms with Gasteiger partial charge in [0, 0.05) is 49.6 Å². The molecule has 0 bridgehead atoms. The Morgan fingerprint density at radius 3 is 1.89 bits per heavy atom. The number of ether oxygens (including phenoxy) is 1. The summed E-state index contributed by atoms with van der Waals surface area (Å²) < 4.78 is 43.6. The second-order valence-corrected chi connectivity index (χ2v) is 9.03. The molecule has 0 aliphatic rings. The fourth-order valence-corrected chi connectivity index (χ4v) is 3.76. The van der Waals surface area contributed by atoms with Gasteiger partial charge in [-0.3, -0.25) is 4.90 Å². The van der Waals surface area contributed by atoms with E-state index in [0.717, 1.165) is 12.1 Å². The van der Waals surface area contributed by atoms with Gasteiger partial charge in [0.1, 0.15) is 5.75 Å². The first kappa shape index (κ1) is 29.8. The molecule has 0 heterocycles. The molecule has 0 aliphatic carbocycles. The summed E-state index contributed by atoms with van der Waals surface area (Å²) in [6.07, 6.45) is -4.45. The maximum Gasteiger partial charge on any atom is 0.416 e. The van der Waals surface area contributed by atoms with E-state index in [2.05, 4.69) is 48.5 Å². The molecule has 2 aromatic rings. The van der Waals surface area contributed by atoms with Crippen LogP contribution in [-0.4, -0.2) is 67.2 Å². The van der Waals surface area contributed by atoms with Crippen LogP contribution in [-0.2, 0) is 6.18 Å². The lowest BCUT2D eigenvalue weighted by Gasteiger charge is -2.33. The van der Waals surface area contributed by atoms with Crippen LogP contribution >= 0.6 is 0 Å². The highest BCUT2D eigenvalue weighted by Crippen LogP contribution is 2.29. The lowest BCUT2D eigenvalue weighted by molar-refractivity contribution is -0.137. The van der Waals surface area contributed by atoms with Crippen molar-refractivity contribution in [2.75, 3.05) is 43.9 Å². The Balaban J connectivity index is 2.01. The highest BCUT2D eigenvalue weighted by Gasteiger charge is 2.30. The number of nitrogens with zero attached hydrogens (tertiary/aromatic N) is 2. The molecule has 3 N–H and O–H groups in total. The third kappa shape index (κ3) is 9.83. The highest BCUT2D eigenvalue weighted by atomic mass is 19.4. The van der Waals surface area contributed by atoms with E-state index in [9.17, 15) is 22.8 Å². The van der Waals surface area contributed by atoms with E-state index in [4.69, 9.17) is 4.74 Å². The van der Waals surface area contributed by atoms with Gasteiger partial charge >= 0.3 is 18.2 Å². The van der Waals surface area contributed by atoms with Crippen molar-refractivity contribution in [1.82, 2.24) is 15.1 Å². The number of hydrogen-bond donors (Lipinski definition) is 3. The lowest BCUT2D eigenvalue weighted by Crippen LogP contribution is -2.47. The Bertz CT molecular complexity index is 988. The SMILES string of the molecule is COc1ccc(NC(=O)NCCN(CCN(C(C)C)C(C)C)C(=O)Nc2ccc(C(F)(F)F)cc2)cc1. The molecule has 2 rings (SSSR count). The average molecular weight is 524 g/mol. The first-order valence-corrected chi connectivity index (χ1v) is 12.1. The van der Waals surface area contributed by atoms with E-state index in [1.54, 1.807) is 31.4 Å². The summed E-state index contributed by atoms with van der Waals surface area (Å²) in [6, 6.07) is 10.7. The van der Waals surface area contributed by atoms with E-state index in [0.29, 0.717) is 24.5 Å². The Kier molecular flexibility index (Phi) is 11.0. The summed E-state index contributed by atoms with van der Waals surface area (Å²) in [5.74, 6) is 0.664. The second kappa shape index (κ2) is 13.7. The standard InChI is InChI=1S/C26H36F3N5O3/c1-18(2)34(19(3)4)17-16-33(25(36)32-22-8-6-20(7-9-22)26(27,28)29)15-14-30-24(35)31-21-10-12-23(37-5)13-11-21/h6-13,18-19H,14-17H2,1-5H3,(H,32,36)(H2,30,31,35). The minimum absolute atomic E-state index is 0.172. The average Bonchev–Trinajstić information content (AvgIpc) is 2.82. The van der Waals surface area contributed by atoms with Crippen LogP contribution in [0.15, 0.2) is 48.5 Å². The molecule has 0 aliphatic heterocycles. The largest absolute Gasteiger partial charge is 0.497 e. The number of nitrogens with one attached hydrogen (secondary N) is 3. The Morgan fingerprint density at radius 1 is 0.838 bits per heavy atom. The normalized spacial score (nSPS) is 11.5. The summed E-state index contributed by atoms with van der Waals surface area (Å²) in [4.78, 5) is 29.1. The van der Waals surface area contributed by atoms with Crippen molar-refractivity contribution in [3.63, 3.8) is 0 Å². The predicted octanol–water partition coefficient (Wildman–Crippen LogP) is 5.49. The third-order valence-electron chi connectivity index (χ3n) is 5.72. The predicted molar refractivity (Wildman–Crippen MR) is 139 cm³/mol. The zero-order chi connectivity index (χ0) is 27.6. The number of alkyl halides is 3. The van der Waals surface area contributed by atoms with E-state index in [1.165, 1.54) is 17.0 Å². The molecule has 0 unspecified atom stereocenters. The van der Waals surface area contributed by atoms with E-state index >= 15 is 0 Å². The number of benzene rings is 2. The summed E-state index contributed by atoms with van der Waals surface area (Å²) >= 11 is 0. The van der Waals surface area contributed by atoms with Gasteiger partial charge in [-0.1, -0.05) is 0 Å². The monoisotopic (exact) mass is 523 g/mol. The van der Waals surface area contributed by atoms with Gasteiger partial charge in [0.05, 0.1) is 12.7 Å². The maximum absolute atomic E-state index is 13.0. The Morgan fingerprint density at radius 2 is 1.38 bits per heavy atom. The van der Waals surface area contributed by atoms with Crippen molar-refractivity contribution in [3.05, 3.63) is 54.1 Å². The number of halogens is 3. The number of hydrogen-bond acceptors (Lipinski definition) is 4. The molecule has 0 saturated carbocycles. The van der Waals surface area contributed by atoms with Crippen molar-refractivity contribution in [2.45, 2.75) is 46.0 Å². The number of methoxy groups -OCH3 is 1. The molecule has 0 aromatic heterocycles. The molecule has 0 atom stereocenters. The van der Waals surface area contributed by atoms with Crippen molar-refractivity contribution in [3.8, 4) is 5.75 Å². The summed E-state index contributed by atoms with van der Waals surface area (Å²) in [5, 5.41) is 8.09. The van der Waals surface area contributed by atoms with E-state index < -0.39 is 23.8 Å². The minimum Gasteiger partial charge on any atom is -0.497 e. The van der Waals surface area contributed by atoms with Crippen LogP contribution in [0.2, 0.25) is 0 Å². The topological polar surface area (TPSA) is 85.9 Å². The van der Waals surface area contributed by atoms with E-state index in [1.807, 2.05) is 0 Å². The molecule has 204 valence electrons. The number of carbonyl (C=O) groups excluding carboxylic acids is 2. The van der Waals surface area contributed by atoms with Crippen LogP contribution in [0.4, 0.5) is 34.1 Å². The van der Waals surface area contributed by atoms with E-state index in [-0.39, 0.29) is 30.9 Å². The fourth-order valence-electron chi connectivity index (χ4n) is 3.76. The number of carbonyl (C=O) groups is 2. The zero-order valence-electron chi connectivity index (χ0n) is 21.9. The molecule has 37 heavy (non-hydrogen) atoms. The molecule has 0 radical (unpaired) electrons. The van der Waals surface area contributed by atoms with Gasteiger partial charge in [-0.05, 0) is 76.2 Å². The molecule has 8 nitrogen and oxygen atoms in total. The lowest BCUT2D eigenvalue weighted by atomic mass is 10.2. The smallest absolute Gasteiger partial charge is 0.416 e. The van der Waals surface area contributed by atoms with Gasteiger partial charge < -0.3 is 25.6 Å². The molecular formula is C26H36F3N5O3. The first-order chi connectivity index (χ1) is 17.4. The second-order valence-electron chi connectivity index (χ2n) is 9.03. The van der Waals surface area contributed by atoms with Gasteiger partial charge in [0.2, 0.25) is 0 Å². The summed E-state index contributed by atoms with van der Waals surface area (Å²) in [6.45, 7) is 9.60. The number of urea groups is 2. The van der Waals surface area contributed by atoms with Gasteiger partial charge in [0.25, 0.3) is 0 Å². The van der Waals surface area contributed by atoms with Crippen LogP contribution in [0, 0.1) is 0 Å².